The summed E-state index contributed by atoms with van der Waals surface area (Å²) in [6.45, 7) is 3.77. The normalized spacial score (nSPS) is 11.1. The van der Waals surface area contributed by atoms with Gasteiger partial charge < -0.3 is 9.47 Å². The zero-order valence-electron chi connectivity index (χ0n) is 9.20. The maximum absolute atomic E-state index is 11.1. The van der Waals surface area contributed by atoms with Crippen LogP contribution in [-0.4, -0.2) is 12.6 Å². The summed E-state index contributed by atoms with van der Waals surface area (Å²) < 4.78 is 10.1. The average Bonchev–Trinajstić information content (AvgIpc) is 2.17. The zero-order chi connectivity index (χ0) is 12.0. The standard InChI is InChI=1S/C12H13ClO3/c1-3-15-12(14)7-9(2)16-11-6-4-5-10(13)8-11/h4-8H,3H2,1-2H3. The van der Waals surface area contributed by atoms with Crippen LogP contribution in [0.1, 0.15) is 13.8 Å². The van der Waals surface area contributed by atoms with Gasteiger partial charge in [0.15, 0.2) is 0 Å². The molecule has 0 saturated carbocycles. The first-order chi connectivity index (χ1) is 7.61. The Morgan fingerprint density at radius 3 is 2.88 bits per heavy atom. The summed E-state index contributed by atoms with van der Waals surface area (Å²) in [6, 6.07) is 6.95. The first-order valence-electron chi connectivity index (χ1n) is 4.90. The summed E-state index contributed by atoms with van der Waals surface area (Å²) in [7, 11) is 0. The molecule has 0 bridgehead atoms. The first-order valence-corrected chi connectivity index (χ1v) is 5.28. The Morgan fingerprint density at radius 1 is 1.50 bits per heavy atom. The van der Waals surface area contributed by atoms with Crippen molar-refractivity contribution >= 4 is 17.6 Å². The fourth-order valence-electron chi connectivity index (χ4n) is 1.10. The molecule has 4 heteroatoms. The summed E-state index contributed by atoms with van der Waals surface area (Å²) in [5, 5.41) is 0.585. The number of allylic oxidation sites excluding steroid dienone is 1. The Balaban J connectivity index is 2.63. The second-order valence-electron chi connectivity index (χ2n) is 3.07. The van der Waals surface area contributed by atoms with Crippen molar-refractivity contribution in [1.29, 1.82) is 0 Å². The van der Waals surface area contributed by atoms with E-state index < -0.39 is 5.97 Å². The average molecular weight is 241 g/mol. The van der Waals surface area contributed by atoms with Crippen molar-refractivity contribution in [3.8, 4) is 5.75 Å². The number of carbonyl (C=O) groups is 1. The van der Waals surface area contributed by atoms with E-state index in [9.17, 15) is 4.79 Å². The molecule has 86 valence electrons. The van der Waals surface area contributed by atoms with Crippen LogP contribution < -0.4 is 4.74 Å². The molecule has 0 amide bonds. The minimum absolute atomic E-state index is 0.347. The van der Waals surface area contributed by atoms with Crippen LogP contribution in [0.25, 0.3) is 0 Å². The van der Waals surface area contributed by atoms with Crippen LogP contribution in [0.15, 0.2) is 36.1 Å². The van der Waals surface area contributed by atoms with Gasteiger partial charge in [0, 0.05) is 5.02 Å². The zero-order valence-corrected chi connectivity index (χ0v) is 9.95. The predicted molar refractivity (Wildman–Crippen MR) is 62.5 cm³/mol. The van der Waals surface area contributed by atoms with E-state index in [1.807, 2.05) is 0 Å². The minimum Gasteiger partial charge on any atom is -0.463 e. The number of esters is 1. The summed E-state index contributed by atoms with van der Waals surface area (Å²) in [5.41, 5.74) is 0. The highest BCUT2D eigenvalue weighted by Gasteiger charge is 2.01. The monoisotopic (exact) mass is 240 g/mol. The lowest BCUT2D eigenvalue weighted by molar-refractivity contribution is -0.137. The number of carbonyl (C=O) groups excluding carboxylic acids is 1. The Labute approximate surface area is 99.6 Å². The van der Waals surface area contributed by atoms with E-state index in [2.05, 4.69) is 0 Å². The molecule has 0 fully saturated rings. The summed E-state index contributed by atoms with van der Waals surface area (Å²) in [4.78, 5) is 11.1. The Hall–Kier alpha value is -1.48. The molecular formula is C12H13ClO3. The molecule has 0 aliphatic rings. The van der Waals surface area contributed by atoms with Gasteiger partial charge in [-0.3, -0.25) is 0 Å². The SMILES string of the molecule is CCOC(=O)C=C(C)Oc1cccc(Cl)c1. The Bertz CT molecular complexity index is 399. The largest absolute Gasteiger partial charge is 0.463 e. The maximum Gasteiger partial charge on any atom is 0.334 e. The number of halogens is 1. The van der Waals surface area contributed by atoms with E-state index in [1.54, 1.807) is 38.1 Å². The number of hydrogen-bond acceptors (Lipinski definition) is 3. The van der Waals surface area contributed by atoms with Gasteiger partial charge in [0.2, 0.25) is 0 Å². The molecule has 0 atom stereocenters. The van der Waals surface area contributed by atoms with E-state index in [1.165, 1.54) is 6.08 Å². The fourth-order valence-corrected chi connectivity index (χ4v) is 1.28. The van der Waals surface area contributed by atoms with Crippen LogP contribution in [0, 0.1) is 0 Å². The van der Waals surface area contributed by atoms with Crippen LogP contribution in [0.3, 0.4) is 0 Å². The van der Waals surface area contributed by atoms with Crippen molar-refractivity contribution in [3.05, 3.63) is 41.1 Å². The second kappa shape index (κ2) is 6.18. The van der Waals surface area contributed by atoms with Gasteiger partial charge in [-0.05, 0) is 32.0 Å². The lowest BCUT2D eigenvalue weighted by atomic mass is 10.3. The molecular weight excluding hydrogens is 228 g/mol. The minimum atomic E-state index is -0.415. The predicted octanol–water partition coefficient (Wildman–Crippen LogP) is 3.19. The fraction of sp³-hybridized carbons (Fsp3) is 0.250. The highest BCUT2D eigenvalue weighted by atomic mass is 35.5. The Kier molecular flexibility index (Phi) is 4.86. The van der Waals surface area contributed by atoms with Crippen molar-refractivity contribution in [2.45, 2.75) is 13.8 Å². The topological polar surface area (TPSA) is 35.5 Å². The molecule has 1 aromatic carbocycles. The van der Waals surface area contributed by atoms with Crippen LogP contribution >= 0.6 is 11.6 Å². The van der Waals surface area contributed by atoms with E-state index in [0.29, 0.717) is 23.1 Å². The smallest absolute Gasteiger partial charge is 0.334 e. The lowest BCUT2D eigenvalue weighted by Gasteiger charge is -2.05. The second-order valence-corrected chi connectivity index (χ2v) is 3.50. The first kappa shape index (κ1) is 12.6. The highest BCUT2D eigenvalue weighted by Crippen LogP contribution is 2.19. The van der Waals surface area contributed by atoms with E-state index in [0.717, 1.165) is 0 Å². The molecule has 0 heterocycles. The molecule has 0 aromatic heterocycles. The van der Waals surface area contributed by atoms with Gasteiger partial charge >= 0.3 is 5.97 Å². The van der Waals surface area contributed by atoms with Gasteiger partial charge in [-0.25, -0.2) is 4.79 Å². The van der Waals surface area contributed by atoms with Crippen molar-refractivity contribution < 1.29 is 14.3 Å². The van der Waals surface area contributed by atoms with Crippen LogP contribution in [-0.2, 0) is 9.53 Å². The number of rotatable bonds is 4. The summed E-state index contributed by atoms with van der Waals surface area (Å²) in [6.07, 6.45) is 1.30. The van der Waals surface area contributed by atoms with Gasteiger partial charge in [-0.15, -0.1) is 0 Å². The molecule has 3 nitrogen and oxygen atoms in total. The molecule has 0 aliphatic carbocycles. The van der Waals surface area contributed by atoms with Crippen molar-refractivity contribution in [3.63, 3.8) is 0 Å². The molecule has 0 N–H and O–H groups in total. The number of ether oxygens (including phenoxy) is 2. The summed E-state index contributed by atoms with van der Waals surface area (Å²) in [5.74, 6) is 0.633. The van der Waals surface area contributed by atoms with Crippen molar-refractivity contribution in [1.82, 2.24) is 0 Å². The Morgan fingerprint density at radius 2 is 2.25 bits per heavy atom. The quantitative estimate of drug-likeness (QED) is 0.461. The van der Waals surface area contributed by atoms with E-state index in [-0.39, 0.29) is 0 Å². The van der Waals surface area contributed by atoms with Crippen LogP contribution in [0.2, 0.25) is 5.02 Å². The number of hydrogen-bond donors (Lipinski definition) is 0. The van der Waals surface area contributed by atoms with Crippen molar-refractivity contribution in [2.24, 2.45) is 0 Å². The third-order valence-corrected chi connectivity index (χ3v) is 1.92. The van der Waals surface area contributed by atoms with Gasteiger partial charge in [0.1, 0.15) is 11.5 Å². The maximum atomic E-state index is 11.1. The van der Waals surface area contributed by atoms with Gasteiger partial charge in [0.25, 0.3) is 0 Å². The molecule has 0 spiro atoms. The van der Waals surface area contributed by atoms with Gasteiger partial charge in [-0.1, -0.05) is 17.7 Å². The van der Waals surface area contributed by atoms with E-state index >= 15 is 0 Å². The van der Waals surface area contributed by atoms with Crippen LogP contribution in [0.5, 0.6) is 5.75 Å². The third kappa shape index (κ3) is 4.36. The molecule has 0 aliphatic heterocycles. The molecule has 0 saturated heterocycles. The summed E-state index contributed by atoms with van der Waals surface area (Å²) >= 11 is 5.79. The molecule has 1 rings (SSSR count). The third-order valence-electron chi connectivity index (χ3n) is 1.68. The highest BCUT2D eigenvalue weighted by molar-refractivity contribution is 6.30. The number of benzene rings is 1. The molecule has 16 heavy (non-hydrogen) atoms. The molecule has 0 radical (unpaired) electrons. The lowest BCUT2D eigenvalue weighted by Crippen LogP contribution is -2.02. The molecule has 1 aromatic rings. The molecule has 0 unspecified atom stereocenters. The van der Waals surface area contributed by atoms with Gasteiger partial charge in [-0.2, -0.15) is 0 Å². The van der Waals surface area contributed by atoms with Gasteiger partial charge in [0.05, 0.1) is 12.7 Å². The van der Waals surface area contributed by atoms with E-state index in [4.69, 9.17) is 21.1 Å². The van der Waals surface area contributed by atoms with Crippen molar-refractivity contribution in [2.75, 3.05) is 6.61 Å². The van der Waals surface area contributed by atoms with Crippen LogP contribution in [0.4, 0.5) is 0 Å².